The van der Waals surface area contributed by atoms with Crippen molar-refractivity contribution in [3.05, 3.63) is 24.5 Å². The highest BCUT2D eigenvalue weighted by Crippen LogP contribution is 2.07. The van der Waals surface area contributed by atoms with Gasteiger partial charge in [0.15, 0.2) is 5.82 Å². The summed E-state index contributed by atoms with van der Waals surface area (Å²) in [7, 11) is 1.90. The van der Waals surface area contributed by atoms with Crippen molar-refractivity contribution in [1.29, 1.82) is 0 Å². The first-order valence-corrected chi connectivity index (χ1v) is 5.92. The molecule has 2 N–H and O–H groups in total. The van der Waals surface area contributed by atoms with Gasteiger partial charge in [0, 0.05) is 13.6 Å². The Balaban J connectivity index is 1.95. The topological polar surface area (TPSA) is 80.5 Å². The molecule has 7 nitrogen and oxygen atoms in total. The zero-order valence-electron chi connectivity index (χ0n) is 10.6. The van der Waals surface area contributed by atoms with Crippen LogP contribution in [0.3, 0.4) is 0 Å². The molecule has 2 heterocycles. The maximum Gasteiger partial charge on any atom is 0.151 e. The minimum absolute atomic E-state index is 0.572. The number of aromatic nitrogens is 5. The summed E-state index contributed by atoms with van der Waals surface area (Å²) < 4.78 is 1.86. The molecule has 2 rings (SSSR count). The number of rotatable bonds is 6. The molecule has 0 amide bonds. The van der Waals surface area contributed by atoms with Gasteiger partial charge in [-0.05, 0) is 6.42 Å². The first-order valence-electron chi connectivity index (χ1n) is 5.92. The average molecular weight is 247 g/mol. The number of nitrogens with one attached hydrogen (secondary N) is 2. The standard InChI is InChI=1S/C11H17N7/c1-3-4-13-9-5-12-6-10(16-9)14-7-11-17-15-8-18(11)2/h5-6,8H,3-4,7H2,1-2H3,(H2,13,14,16). The minimum atomic E-state index is 0.572. The Kier molecular flexibility index (Phi) is 4.06. The van der Waals surface area contributed by atoms with Gasteiger partial charge in [0.05, 0.1) is 18.9 Å². The first-order chi connectivity index (χ1) is 8.79. The van der Waals surface area contributed by atoms with Crippen LogP contribution in [0, 0.1) is 0 Å². The van der Waals surface area contributed by atoms with Gasteiger partial charge in [-0.1, -0.05) is 6.92 Å². The second-order valence-corrected chi connectivity index (χ2v) is 3.93. The summed E-state index contributed by atoms with van der Waals surface area (Å²) >= 11 is 0. The number of hydrogen-bond acceptors (Lipinski definition) is 6. The van der Waals surface area contributed by atoms with Gasteiger partial charge < -0.3 is 15.2 Å². The van der Waals surface area contributed by atoms with Crippen LogP contribution in [0.25, 0.3) is 0 Å². The van der Waals surface area contributed by atoms with Crippen LogP contribution < -0.4 is 10.6 Å². The molecule has 0 spiro atoms. The largest absolute Gasteiger partial charge is 0.369 e. The van der Waals surface area contributed by atoms with Crippen molar-refractivity contribution in [3.8, 4) is 0 Å². The highest BCUT2D eigenvalue weighted by Gasteiger charge is 2.02. The molecule has 2 aromatic rings. The molecular weight excluding hydrogens is 230 g/mol. The van der Waals surface area contributed by atoms with Gasteiger partial charge >= 0.3 is 0 Å². The molecule has 0 saturated carbocycles. The maximum atomic E-state index is 4.40. The smallest absolute Gasteiger partial charge is 0.151 e. The van der Waals surface area contributed by atoms with Gasteiger partial charge in [-0.25, -0.2) is 4.98 Å². The van der Waals surface area contributed by atoms with Crippen LogP contribution in [0.5, 0.6) is 0 Å². The SMILES string of the molecule is CCCNc1cncc(NCc2nncn2C)n1. The van der Waals surface area contributed by atoms with Gasteiger partial charge in [0.1, 0.15) is 18.0 Å². The molecular formula is C11H17N7. The van der Waals surface area contributed by atoms with Crippen LogP contribution in [0.2, 0.25) is 0 Å². The normalized spacial score (nSPS) is 10.3. The highest BCUT2D eigenvalue weighted by atomic mass is 15.3. The van der Waals surface area contributed by atoms with Gasteiger partial charge in [0.25, 0.3) is 0 Å². The molecule has 0 aliphatic heterocycles. The van der Waals surface area contributed by atoms with Crippen molar-refractivity contribution in [3.63, 3.8) is 0 Å². The summed E-state index contributed by atoms with van der Waals surface area (Å²) in [6, 6.07) is 0. The first kappa shape index (κ1) is 12.3. The third-order valence-electron chi connectivity index (χ3n) is 2.42. The fraction of sp³-hybridized carbons (Fsp3) is 0.455. The Morgan fingerprint density at radius 2 is 2.00 bits per heavy atom. The molecule has 0 fully saturated rings. The number of nitrogens with zero attached hydrogens (tertiary/aromatic N) is 5. The van der Waals surface area contributed by atoms with Crippen molar-refractivity contribution in [1.82, 2.24) is 24.7 Å². The zero-order valence-corrected chi connectivity index (χ0v) is 10.6. The Hall–Kier alpha value is -2.18. The lowest BCUT2D eigenvalue weighted by Crippen LogP contribution is -2.09. The summed E-state index contributed by atoms with van der Waals surface area (Å²) in [5, 5.41) is 14.2. The quantitative estimate of drug-likeness (QED) is 0.794. The van der Waals surface area contributed by atoms with E-state index < -0.39 is 0 Å². The number of anilines is 2. The van der Waals surface area contributed by atoms with Gasteiger partial charge in [0.2, 0.25) is 0 Å². The van der Waals surface area contributed by atoms with E-state index in [1.54, 1.807) is 18.7 Å². The minimum Gasteiger partial charge on any atom is -0.369 e. The van der Waals surface area contributed by atoms with Crippen LogP contribution in [-0.4, -0.2) is 31.3 Å². The monoisotopic (exact) mass is 247 g/mol. The Morgan fingerprint density at radius 1 is 1.22 bits per heavy atom. The fourth-order valence-corrected chi connectivity index (χ4v) is 1.43. The molecule has 0 unspecified atom stereocenters. The molecule has 0 aromatic carbocycles. The van der Waals surface area contributed by atoms with Crippen molar-refractivity contribution >= 4 is 11.6 Å². The van der Waals surface area contributed by atoms with E-state index in [1.807, 2.05) is 11.6 Å². The van der Waals surface area contributed by atoms with Gasteiger partial charge in [-0.3, -0.25) is 4.98 Å². The van der Waals surface area contributed by atoms with Crippen molar-refractivity contribution < 1.29 is 0 Å². The van der Waals surface area contributed by atoms with E-state index >= 15 is 0 Å². The van der Waals surface area contributed by atoms with Crippen molar-refractivity contribution in [2.75, 3.05) is 17.2 Å². The zero-order chi connectivity index (χ0) is 12.8. The number of hydrogen-bond donors (Lipinski definition) is 2. The van der Waals surface area contributed by atoms with Gasteiger partial charge in [-0.15, -0.1) is 10.2 Å². The molecule has 0 aliphatic carbocycles. The molecule has 7 heteroatoms. The molecule has 96 valence electrons. The number of aryl methyl sites for hydroxylation is 1. The summed E-state index contributed by atoms with van der Waals surface area (Å²) in [5.41, 5.74) is 0. The van der Waals surface area contributed by atoms with Gasteiger partial charge in [-0.2, -0.15) is 0 Å². The second kappa shape index (κ2) is 5.95. The summed E-state index contributed by atoms with van der Waals surface area (Å²) in [5.74, 6) is 2.35. The van der Waals surface area contributed by atoms with E-state index in [0.717, 1.165) is 30.4 Å². The van der Waals surface area contributed by atoms with Crippen molar-refractivity contribution in [2.45, 2.75) is 19.9 Å². The predicted molar refractivity (Wildman–Crippen MR) is 69.1 cm³/mol. The lowest BCUT2D eigenvalue weighted by Gasteiger charge is -2.07. The third kappa shape index (κ3) is 3.16. The van der Waals surface area contributed by atoms with Crippen LogP contribution in [0.15, 0.2) is 18.7 Å². The second-order valence-electron chi connectivity index (χ2n) is 3.93. The molecule has 2 aromatic heterocycles. The van der Waals surface area contributed by atoms with E-state index in [2.05, 4.69) is 37.7 Å². The lowest BCUT2D eigenvalue weighted by molar-refractivity contribution is 0.809. The van der Waals surface area contributed by atoms with E-state index in [0.29, 0.717) is 6.54 Å². The van der Waals surface area contributed by atoms with E-state index in [-0.39, 0.29) is 0 Å². The summed E-state index contributed by atoms with van der Waals surface area (Å²) in [6.45, 7) is 3.57. The highest BCUT2D eigenvalue weighted by molar-refractivity contribution is 5.41. The Bertz CT molecular complexity index is 494. The Labute approximate surface area is 106 Å². The van der Waals surface area contributed by atoms with E-state index in [4.69, 9.17) is 0 Å². The van der Waals surface area contributed by atoms with Crippen LogP contribution in [-0.2, 0) is 13.6 Å². The van der Waals surface area contributed by atoms with Crippen LogP contribution in [0.1, 0.15) is 19.2 Å². The van der Waals surface area contributed by atoms with Crippen LogP contribution in [0.4, 0.5) is 11.6 Å². The molecule has 0 aliphatic rings. The maximum absolute atomic E-state index is 4.40. The molecule has 0 radical (unpaired) electrons. The third-order valence-corrected chi connectivity index (χ3v) is 2.42. The van der Waals surface area contributed by atoms with E-state index in [9.17, 15) is 0 Å². The lowest BCUT2D eigenvalue weighted by atomic mass is 10.5. The predicted octanol–water partition coefficient (Wildman–Crippen LogP) is 1.04. The average Bonchev–Trinajstić information content (AvgIpc) is 2.80. The fourth-order valence-electron chi connectivity index (χ4n) is 1.43. The van der Waals surface area contributed by atoms with Crippen molar-refractivity contribution in [2.24, 2.45) is 7.05 Å². The summed E-state index contributed by atoms with van der Waals surface area (Å²) in [6.07, 6.45) is 6.12. The molecule has 0 atom stereocenters. The van der Waals surface area contributed by atoms with E-state index in [1.165, 1.54) is 0 Å². The molecule has 18 heavy (non-hydrogen) atoms. The molecule has 0 bridgehead atoms. The summed E-state index contributed by atoms with van der Waals surface area (Å²) in [4.78, 5) is 8.53. The van der Waals surface area contributed by atoms with Crippen LogP contribution >= 0.6 is 0 Å². The molecule has 0 saturated heterocycles. The Morgan fingerprint density at radius 3 is 2.67 bits per heavy atom.